The highest BCUT2D eigenvalue weighted by Crippen LogP contribution is 2.28. The molecule has 0 radical (unpaired) electrons. The normalized spacial score (nSPS) is 24.1. The molecule has 1 saturated heterocycles. The van der Waals surface area contributed by atoms with Crippen molar-refractivity contribution in [1.82, 2.24) is 4.90 Å². The van der Waals surface area contributed by atoms with E-state index >= 15 is 0 Å². The molecule has 2 atom stereocenters. The van der Waals surface area contributed by atoms with Gasteiger partial charge in [-0.1, -0.05) is 34.5 Å². The van der Waals surface area contributed by atoms with Gasteiger partial charge in [0.1, 0.15) is 0 Å². The number of likely N-dealkylation sites (tertiary alicyclic amines) is 1. The van der Waals surface area contributed by atoms with Crippen molar-refractivity contribution in [3.05, 3.63) is 33.3 Å². The van der Waals surface area contributed by atoms with Crippen molar-refractivity contribution >= 4 is 33.4 Å². The largest absolute Gasteiger partial charge is 0.336 e. The number of amides is 1. The molecule has 0 bridgehead atoms. The Labute approximate surface area is 121 Å². The Morgan fingerprint density at radius 1 is 1.44 bits per heavy atom. The smallest absolute Gasteiger partial charge is 0.255 e. The van der Waals surface area contributed by atoms with Gasteiger partial charge < -0.3 is 4.90 Å². The number of carbonyl (C=O) groups is 1. The van der Waals surface area contributed by atoms with Gasteiger partial charge in [0.25, 0.3) is 5.91 Å². The minimum absolute atomic E-state index is 0.0420. The average Bonchev–Trinajstić information content (AvgIpc) is 2.35. The van der Waals surface area contributed by atoms with Gasteiger partial charge in [0.15, 0.2) is 0 Å². The summed E-state index contributed by atoms with van der Waals surface area (Å²) in [5.74, 6) is 0.592. The van der Waals surface area contributed by atoms with Crippen molar-refractivity contribution in [1.29, 1.82) is 0 Å². The fourth-order valence-electron chi connectivity index (χ4n) is 2.44. The summed E-state index contributed by atoms with van der Waals surface area (Å²) in [5.41, 5.74) is 0.590. The molecule has 2 unspecified atom stereocenters. The van der Waals surface area contributed by atoms with Gasteiger partial charge in [-0.05, 0) is 43.9 Å². The maximum Gasteiger partial charge on any atom is 0.255 e. The molecule has 1 fully saturated rings. The number of hydrogen-bond acceptors (Lipinski definition) is 1. The lowest BCUT2D eigenvalue weighted by molar-refractivity contribution is 0.0551. The van der Waals surface area contributed by atoms with E-state index in [1.165, 1.54) is 6.42 Å². The van der Waals surface area contributed by atoms with Gasteiger partial charge in [-0.3, -0.25) is 4.79 Å². The molecule has 0 aromatic heterocycles. The molecule has 1 amide bonds. The number of rotatable bonds is 1. The first-order chi connectivity index (χ1) is 8.50. The number of carbonyl (C=O) groups excluding carboxylic acids is 1. The number of halogens is 2. The molecule has 0 saturated carbocycles. The van der Waals surface area contributed by atoms with Crippen molar-refractivity contribution in [2.24, 2.45) is 5.92 Å². The van der Waals surface area contributed by atoms with Crippen LogP contribution in [-0.2, 0) is 0 Å². The van der Waals surface area contributed by atoms with E-state index in [1.807, 2.05) is 11.0 Å². The molecule has 1 heterocycles. The molecule has 98 valence electrons. The van der Waals surface area contributed by atoms with Crippen LogP contribution in [-0.4, -0.2) is 23.4 Å². The molecule has 0 aliphatic carbocycles. The molecule has 0 spiro atoms. The van der Waals surface area contributed by atoms with Gasteiger partial charge in [0, 0.05) is 17.1 Å². The van der Waals surface area contributed by atoms with Crippen molar-refractivity contribution < 1.29 is 4.79 Å². The van der Waals surface area contributed by atoms with E-state index in [4.69, 9.17) is 11.6 Å². The first-order valence-corrected chi connectivity index (χ1v) is 7.44. The SMILES string of the molecule is CC1CCCN(C(=O)c2cc(Br)ccc2Cl)C1C. The topological polar surface area (TPSA) is 20.3 Å². The zero-order valence-electron chi connectivity index (χ0n) is 10.6. The number of nitrogens with zero attached hydrogens (tertiary/aromatic N) is 1. The molecule has 1 aromatic carbocycles. The summed E-state index contributed by atoms with van der Waals surface area (Å²) in [6.45, 7) is 5.15. The standard InChI is InChI=1S/C14H17BrClNO/c1-9-4-3-7-17(10(9)2)14(18)12-8-11(15)5-6-13(12)16/h5-6,8-10H,3-4,7H2,1-2H3. The van der Waals surface area contributed by atoms with Crippen molar-refractivity contribution in [3.63, 3.8) is 0 Å². The molecular formula is C14H17BrClNO. The van der Waals surface area contributed by atoms with Crippen LogP contribution in [0.3, 0.4) is 0 Å². The molecule has 18 heavy (non-hydrogen) atoms. The summed E-state index contributed by atoms with van der Waals surface area (Å²) in [5, 5.41) is 0.522. The van der Waals surface area contributed by atoms with E-state index < -0.39 is 0 Å². The third-order valence-electron chi connectivity index (χ3n) is 3.79. The van der Waals surface area contributed by atoms with Crippen LogP contribution in [0.5, 0.6) is 0 Å². The molecule has 2 rings (SSSR count). The first-order valence-electron chi connectivity index (χ1n) is 6.26. The van der Waals surface area contributed by atoms with Crippen LogP contribution in [0.25, 0.3) is 0 Å². The monoisotopic (exact) mass is 329 g/mol. The summed E-state index contributed by atoms with van der Waals surface area (Å²) in [7, 11) is 0. The van der Waals surface area contributed by atoms with Gasteiger partial charge >= 0.3 is 0 Å². The summed E-state index contributed by atoms with van der Waals surface area (Å²) < 4.78 is 0.882. The van der Waals surface area contributed by atoms with Crippen LogP contribution in [0.4, 0.5) is 0 Å². The van der Waals surface area contributed by atoms with E-state index in [9.17, 15) is 4.79 Å². The van der Waals surface area contributed by atoms with E-state index in [0.29, 0.717) is 16.5 Å². The van der Waals surface area contributed by atoms with Gasteiger partial charge in [-0.2, -0.15) is 0 Å². The Kier molecular flexibility index (Phi) is 4.33. The second-order valence-corrected chi connectivity index (χ2v) is 6.31. The minimum Gasteiger partial charge on any atom is -0.336 e. The maximum absolute atomic E-state index is 12.5. The Morgan fingerprint density at radius 2 is 2.17 bits per heavy atom. The number of hydrogen-bond donors (Lipinski definition) is 0. The Hall–Kier alpha value is -0.540. The molecule has 4 heteroatoms. The molecule has 2 nitrogen and oxygen atoms in total. The lowest BCUT2D eigenvalue weighted by Crippen LogP contribution is -2.46. The Balaban J connectivity index is 2.27. The zero-order chi connectivity index (χ0) is 13.3. The van der Waals surface area contributed by atoms with Gasteiger partial charge in [-0.25, -0.2) is 0 Å². The van der Waals surface area contributed by atoms with E-state index in [0.717, 1.165) is 17.4 Å². The Bertz CT molecular complexity index is 463. The highest BCUT2D eigenvalue weighted by Gasteiger charge is 2.29. The van der Waals surface area contributed by atoms with Gasteiger partial charge in [0.05, 0.1) is 10.6 Å². The highest BCUT2D eigenvalue weighted by atomic mass is 79.9. The second kappa shape index (κ2) is 5.62. The quantitative estimate of drug-likeness (QED) is 0.749. The molecule has 1 aliphatic rings. The second-order valence-electron chi connectivity index (χ2n) is 4.98. The van der Waals surface area contributed by atoms with Crippen molar-refractivity contribution in [3.8, 4) is 0 Å². The average molecular weight is 331 g/mol. The van der Waals surface area contributed by atoms with Crippen LogP contribution in [0, 0.1) is 5.92 Å². The third kappa shape index (κ3) is 2.72. The lowest BCUT2D eigenvalue weighted by Gasteiger charge is -2.38. The predicted octanol–water partition coefficient (Wildman–Crippen LogP) is 4.36. The lowest BCUT2D eigenvalue weighted by atomic mass is 9.91. The summed E-state index contributed by atoms with van der Waals surface area (Å²) in [4.78, 5) is 14.5. The first kappa shape index (κ1) is 13.9. The highest BCUT2D eigenvalue weighted by molar-refractivity contribution is 9.10. The van der Waals surface area contributed by atoms with E-state index in [2.05, 4.69) is 29.8 Å². The van der Waals surface area contributed by atoms with E-state index in [-0.39, 0.29) is 11.9 Å². The number of piperidine rings is 1. The molecule has 1 aliphatic heterocycles. The van der Waals surface area contributed by atoms with Crippen molar-refractivity contribution in [2.75, 3.05) is 6.54 Å². The summed E-state index contributed by atoms with van der Waals surface area (Å²) in [6.07, 6.45) is 2.26. The van der Waals surface area contributed by atoms with Crippen LogP contribution in [0.1, 0.15) is 37.0 Å². The number of benzene rings is 1. The van der Waals surface area contributed by atoms with Crippen molar-refractivity contribution in [2.45, 2.75) is 32.7 Å². The third-order valence-corrected chi connectivity index (χ3v) is 4.62. The van der Waals surface area contributed by atoms with Crippen LogP contribution < -0.4 is 0 Å². The molecule has 0 N–H and O–H groups in total. The molecular weight excluding hydrogens is 314 g/mol. The van der Waals surface area contributed by atoms with Crippen LogP contribution in [0.2, 0.25) is 5.02 Å². The Morgan fingerprint density at radius 3 is 2.89 bits per heavy atom. The zero-order valence-corrected chi connectivity index (χ0v) is 13.0. The summed E-state index contributed by atoms with van der Waals surface area (Å²) in [6, 6.07) is 5.69. The van der Waals surface area contributed by atoms with E-state index in [1.54, 1.807) is 12.1 Å². The fraction of sp³-hybridized carbons (Fsp3) is 0.500. The predicted molar refractivity (Wildman–Crippen MR) is 78.0 cm³/mol. The molecule has 1 aromatic rings. The minimum atomic E-state index is 0.0420. The van der Waals surface area contributed by atoms with Gasteiger partial charge in [-0.15, -0.1) is 0 Å². The fourth-order valence-corrected chi connectivity index (χ4v) is 3.00. The van der Waals surface area contributed by atoms with Crippen LogP contribution in [0.15, 0.2) is 22.7 Å². The summed E-state index contributed by atoms with van der Waals surface area (Å²) >= 11 is 9.51. The van der Waals surface area contributed by atoms with Crippen LogP contribution >= 0.6 is 27.5 Å². The maximum atomic E-state index is 12.5. The van der Waals surface area contributed by atoms with Gasteiger partial charge in [0.2, 0.25) is 0 Å².